The van der Waals surface area contributed by atoms with Crippen molar-refractivity contribution in [1.29, 1.82) is 0 Å². The molecule has 0 fully saturated rings. The number of rotatable bonds is 11. The van der Waals surface area contributed by atoms with E-state index in [0.717, 1.165) is 51.4 Å². The summed E-state index contributed by atoms with van der Waals surface area (Å²) in [7, 11) is 0. The zero-order valence-corrected chi connectivity index (χ0v) is 22.3. The molecule has 3 aromatic heterocycles. The van der Waals surface area contributed by atoms with Crippen molar-refractivity contribution >= 4 is 63.7 Å². The Labute approximate surface area is 241 Å². The lowest BCUT2D eigenvalue weighted by Gasteiger charge is -2.04. The summed E-state index contributed by atoms with van der Waals surface area (Å²) in [6, 6.07) is 16.4. The molecule has 0 spiro atoms. The summed E-state index contributed by atoms with van der Waals surface area (Å²) in [5.41, 5.74) is 15.8. The van der Waals surface area contributed by atoms with Crippen LogP contribution in [-0.2, 0) is 0 Å². The fourth-order valence-electron chi connectivity index (χ4n) is 4.40. The smallest absolute Gasteiger partial charge is 0.187 e. The average Bonchev–Trinajstić information content (AvgIpc) is 3.72. The van der Waals surface area contributed by atoms with Crippen LogP contribution in [0.3, 0.4) is 0 Å². The zero-order valence-electron chi connectivity index (χ0n) is 22.3. The Morgan fingerprint density at radius 1 is 0.615 bits per heavy atom. The molecule has 0 aromatic carbocycles. The molecule has 0 unspecified atom stereocenters. The Kier molecular flexibility index (Phi) is 13.2. The van der Waals surface area contributed by atoms with Gasteiger partial charge < -0.3 is 9.97 Å². The van der Waals surface area contributed by atoms with Gasteiger partial charge in [0.25, 0.3) is 0 Å². The molecule has 0 saturated heterocycles. The molecule has 39 heavy (non-hydrogen) atoms. The van der Waals surface area contributed by atoms with Gasteiger partial charge >= 0.3 is 0 Å². The molecule has 8 bridgehead atoms. The van der Waals surface area contributed by atoms with E-state index in [0.29, 0.717) is 0 Å². The van der Waals surface area contributed by atoms with Gasteiger partial charge in [-0.15, -0.1) is 0 Å². The van der Waals surface area contributed by atoms with E-state index >= 15 is 0 Å². The number of nitrogens with two attached hydrogens (primary N) is 1. The summed E-state index contributed by atoms with van der Waals surface area (Å²) in [6.07, 6.45) is 18.9. The number of hydrazine groups is 3. The van der Waals surface area contributed by atoms with Crippen molar-refractivity contribution in [1.82, 2.24) is 36.4 Å². The number of hydrogen-bond donors (Lipinski definition) is 6. The molecular weight excluding hydrogens is 499 g/mol. The van der Waals surface area contributed by atoms with Gasteiger partial charge in [0.1, 0.15) is 0 Å². The first-order chi connectivity index (χ1) is 18.7. The van der Waals surface area contributed by atoms with Crippen molar-refractivity contribution in [3.63, 3.8) is 0 Å². The fourth-order valence-corrected chi connectivity index (χ4v) is 4.40. The first kappa shape index (κ1) is 30.5. The normalized spacial score (nSPS) is 11.6. The lowest BCUT2D eigenvalue weighted by Crippen LogP contribution is -2.47. The first-order valence-electron chi connectivity index (χ1n) is 13.7. The van der Waals surface area contributed by atoms with E-state index in [-0.39, 0.29) is 17.4 Å². The number of H-pyrrole nitrogens is 2. The number of nitrogens with one attached hydrogen (secondary N) is 5. The molecular formula is C30H43AlN8. The van der Waals surface area contributed by atoms with Gasteiger partial charge in [-0.05, 0) is 79.3 Å². The predicted octanol–water partition coefficient (Wildman–Crippen LogP) is 5.07. The minimum Gasteiger partial charge on any atom is -0.355 e. The summed E-state index contributed by atoms with van der Waals surface area (Å²) < 4.78 is 0. The molecule has 206 valence electrons. The van der Waals surface area contributed by atoms with E-state index in [1.54, 1.807) is 0 Å². The highest BCUT2D eigenvalue weighted by Gasteiger charge is 2.01. The highest BCUT2D eigenvalue weighted by atomic mass is 27.0. The van der Waals surface area contributed by atoms with Crippen LogP contribution in [0.25, 0.3) is 46.4 Å². The largest absolute Gasteiger partial charge is 0.355 e. The van der Waals surface area contributed by atoms with Crippen LogP contribution >= 0.6 is 0 Å². The van der Waals surface area contributed by atoms with Gasteiger partial charge in [-0.25, -0.2) is 15.4 Å². The van der Waals surface area contributed by atoms with E-state index < -0.39 is 0 Å². The number of aromatic amines is 2. The molecule has 0 saturated carbocycles. The SMILES string of the molecule is C1=Cc2cc3ccc(cc4nc(cc5ccc(cc1n2)[nH]5)C=C4)[nH]3.CCCCCCCCCCNNNN.[AlH3]. The van der Waals surface area contributed by atoms with Gasteiger partial charge in [-0.2, -0.15) is 11.1 Å². The molecule has 9 heteroatoms. The number of unbranched alkanes of at least 4 members (excludes halogenated alkanes) is 7. The third-order valence-electron chi connectivity index (χ3n) is 6.36. The van der Waals surface area contributed by atoms with E-state index in [1.807, 2.05) is 48.6 Å². The van der Waals surface area contributed by atoms with Crippen molar-refractivity contribution in [2.75, 3.05) is 6.54 Å². The van der Waals surface area contributed by atoms with Crippen LogP contribution in [0.15, 0.2) is 48.5 Å². The summed E-state index contributed by atoms with van der Waals surface area (Å²) in [6.45, 7) is 3.23. The third kappa shape index (κ3) is 10.6. The monoisotopic (exact) mass is 542 g/mol. The fraction of sp³-hybridized carbons (Fsp3) is 0.333. The van der Waals surface area contributed by atoms with Gasteiger partial charge in [0.15, 0.2) is 17.4 Å². The minimum atomic E-state index is 0. The maximum Gasteiger partial charge on any atom is 0.187 e. The molecule has 0 amide bonds. The van der Waals surface area contributed by atoms with Crippen LogP contribution in [0.1, 0.15) is 81.1 Å². The lowest BCUT2D eigenvalue weighted by molar-refractivity contribution is 0.431. The van der Waals surface area contributed by atoms with Crippen molar-refractivity contribution in [2.45, 2.75) is 58.3 Å². The van der Waals surface area contributed by atoms with Gasteiger partial charge in [0.2, 0.25) is 0 Å². The second kappa shape index (κ2) is 16.8. The highest BCUT2D eigenvalue weighted by molar-refractivity contribution is 5.77. The van der Waals surface area contributed by atoms with Crippen molar-refractivity contribution in [2.24, 2.45) is 5.84 Å². The van der Waals surface area contributed by atoms with Crippen molar-refractivity contribution in [3.05, 3.63) is 71.3 Å². The third-order valence-corrected chi connectivity index (χ3v) is 6.36. The maximum atomic E-state index is 5.01. The topological polar surface area (TPSA) is 119 Å². The molecule has 5 rings (SSSR count). The second-order valence-electron chi connectivity index (χ2n) is 9.58. The van der Waals surface area contributed by atoms with Crippen LogP contribution < -0.4 is 22.3 Å². The average molecular weight is 543 g/mol. The Morgan fingerprint density at radius 3 is 1.38 bits per heavy atom. The molecule has 0 atom stereocenters. The predicted molar refractivity (Wildman–Crippen MR) is 170 cm³/mol. The summed E-state index contributed by atoms with van der Waals surface area (Å²) in [5, 5.41) is 0. The molecule has 7 N–H and O–H groups in total. The summed E-state index contributed by atoms with van der Waals surface area (Å²) >= 11 is 0. The number of nitrogens with zero attached hydrogens (tertiary/aromatic N) is 2. The Balaban J connectivity index is 0.000000245. The molecule has 0 aliphatic carbocycles. The van der Waals surface area contributed by atoms with Crippen LogP contribution in [0.4, 0.5) is 0 Å². The van der Waals surface area contributed by atoms with E-state index in [2.05, 4.69) is 67.6 Å². The molecule has 2 aliphatic rings. The lowest BCUT2D eigenvalue weighted by atomic mass is 10.1. The Hall–Kier alpha value is -3.03. The second-order valence-corrected chi connectivity index (χ2v) is 9.58. The number of aromatic nitrogens is 4. The molecule has 8 nitrogen and oxygen atoms in total. The summed E-state index contributed by atoms with van der Waals surface area (Å²) in [4.78, 5) is 16.0. The molecule has 2 aliphatic heterocycles. The van der Waals surface area contributed by atoms with Gasteiger partial charge in [-0.1, -0.05) is 51.9 Å². The maximum absolute atomic E-state index is 5.01. The Bertz CT molecular complexity index is 1190. The van der Waals surface area contributed by atoms with Crippen LogP contribution in [0.5, 0.6) is 0 Å². The van der Waals surface area contributed by atoms with E-state index in [4.69, 9.17) is 5.84 Å². The number of hydrogen-bond acceptors (Lipinski definition) is 6. The van der Waals surface area contributed by atoms with Gasteiger partial charge in [0.05, 0.1) is 22.8 Å². The van der Waals surface area contributed by atoms with Gasteiger partial charge in [0, 0.05) is 28.6 Å². The van der Waals surface area contributed by atoms with E-state index in [9.17, 15) is 0 Å². The molecule has 0 radical (unpaired) electrons. The molecule has 3 aromatic rings. The standard InChI is InChI=1S/C20H14N4.C10H26N4.Al.3H/c1-2-14-10-16-5-6-18(23-16)12-20-8-7-19(24-20)11-17-4-3-15(22-17)9-13(1)21-14;1-2-3-4-5-6-7-8-9-10-12-14-13-11;;;;/h1-12,21,24H;12-14H,2-11H2,1H3;;;;. The van der Waals surface area contributed by atoms with Gasteiger partial charge in [-0.3, -0.25) is 5.84 Å². The zero-order chi connectivity index (χ0) is 26.4. The Morgan fingerprint density at radius 2 is 1.00 bits per heavy atom. The van der Waals surface area contributed by atoms with Crippen LogP contribution in [0, 0.1) is 0 Å². The number of fused-ring (bicyclic) bond motifs is 8. The summed E-state index contributed by atoms with van der Waals surface area (Å²) in [5.74, 6) is 5.01. The van der Waals surface area contributed by atoms with Crippen LogP contribution in [0.2, 0.25) is 0 Å². The first-order valence-corrected chi connectivity index (χ1v) is 13.7. The van der Waals surface area contributed by atoms with Crippen LogP contribution in [-0.4, -0.2) is 43.8 Å². The molecule has 5 heterocycles. The van der Waals surface area contributed by atoms with Crippen molar-refractivity contribution < 1.29 is 0 Å². The van der Waals surface area contributed by atoms with Crippen molar-refractivity contribution in [3.8, 4) is 0 Å². The highest BCUT2D eigenvalue weighted by Crippen LogP contribution is 2.17. The van der Waals surface area contributed by atoms with E-state index in [1.165, 1.54) is 51.4 Å². The quantitative estimate of drug-likeness (QED) is 0.0600. The minimum absolute atomic E-state index is 0.